The molecule has 0 heterocycles. The molecule has 0 aliphatic heterocycles. The van der Waals surface area contributed by atoms with Crippen molar-refractivity contribution >= 4 is 5.97 Å². The van der Waals surface area contributed by atoms with E-state index >= 15 is 0 Å². The van der Waals surface area contributed by atoms with Gasteiger partial charge in [0, 0.05) is 6.42 Å². The SMILES string of the molecule is COC(=O)CCC(C)C1CCC2C3C(O)C(O)C4CC(O)CCC4(C)C3CCC12C. The summed E-state index contributed by atoms with van der Waals surface area (Å²) in [6.07, 6.45) is 6.48. The van der Waals surface area contributed by atoms with E-state index in [-0.39, 0.29) is 34.7 Å². The molecule has 4 aliphatic rings. The first-order valence-corrected chi connectivity index (χ1v) is 12.2. The molecule has 0 aromatic rings. The number of methoxy groups -OCH3 is 1. The Morgan fingerprint density at radius 1 is 0.967 bits per heavy atom. The summed E-state index contributed by atoms with van der Waals surface area (Å²) in [6, 6.07) is 0. The fourth-order valence-corrected chi connectivity index (χ4v) is 8.86. The van der Waals surface area contributed by atoms with Crippen LogP contribution in [0.4, 0.5) is 0 Å². The maximum absolute atomic E-state index is 11.7. The summed E-state index contributed by atoms with van der Waals surface area (Å²) in [5.74, 6) is 1.87. The van der Waals surface area contributed by atoms with Crippen molar-refractivity contribution in [2.45, 2.75) is 96.9 Å². The molecule has 0 bridgehead atoms. The molecule has 4 saturated carbocycles. The van der Waals surface area contributed by atoms with E-state index in [9.17, 15) is 20.1 Å². The van der Waals surface area contributed by atoms with Gasteiger partial charge in [-0.25, -0.2) is 0 Å². The van der Waals surface area contributed by atoms with Crippen molar-refractivity contribution in [2.24, 2.45) is 46.3 Å². The zero-order valence-corrected chi connectivity index (χ0v) is 19.2. The molecule has 0 amide bonds. The van der Waals surface area contributed by atoms with E-state index in [1.165, 1.54) is 13.5 Å². The van der Waals surface area contributed by atoms with Crippen LogP contribution in [0.15, 0.2) is 0 Å². The zero-order valence-electron chi connectivity index (χ0n) is 19.2. The Morgan fingerprint density at radius 3 is 2.33 bits per heavy atom. The summed E-state index contributed by atoms with van der Waals surface area (Å²) in [6.45, 7) is 7.02. The molecule has 0 saturated heterocycles. The summed E-state index contributed by atoms with van der Waals surface area (Å²) in [5.41, 5.74) is 0.174. The highest BCUT2D eigenvalue weighted by atomic mass is 16.5. The molecule has 5 nitrogen and oxygen atoms in total. The van der Waals surface area contributed by atoms with Gasteiger partial charge in [-0.1, -0.05) is 20.8 Å². The Labute approximate surface area is 181 Å². The van der Waals surface area contributed by atoms with Crippen molar-refractivity contribution in [1.82, 2.24) is 0 Å². The van der Waals surface area contributed by atoms with Crippen LogP contribution < -0.4 is 0 Å². The van der Waals surface area contributed by atoms with Crippen molar-refractivity contribution < 1.29 is 24.9 Å². The zero-order chi connectivity index (χ0) is 21.8. The molecular formula is C25H42O5. The Morgan fingerprint density at radius 2 is 1.63 bits per heavy atom. The van der Waals surface area contributed by atoms with E-state index in [1.54, 1.807) is 0 Å². The number of aliphatic hydroxyl groups is 3. The summed E-state index contributed by atoms with van der Waals surface area (Å²) in [5, 5.41) is 32.7. The molecule has 30 heavy (non-hydrogen) atoms. The lowest BCUT2D eigenvalue weighted by molar-refractivity contribution is -0.223. The molecule has 3 N–H and O–H groups in total. The molecule has 5 heteroatoms. The van der Waals surface area contributed by atoms with E-state index in [1.807, 2.05) is 0 Å². The maximum Gasteiger partial charge on any atom is 0.305 e. The number of carbonyl (C=O) groups is 1. The Hall–Kier alpha value is -0.650. The monoisotopic (exact) mass is 422 g/mol. The van der Waals surface area contributed by atoms with Crippen molar-refractivity contribution in [3.8, 4) is 0 Å². The highest BCUT2D eigenvalue weighted by Crippen LogP contribution is 2.68. The largest absolute Gasteiger partial charge is 0.469 e. The summed E-state index contributed by atoms with van der Waals surface area (Å²) >= 11 is 0. The molecule has 4 fully saturated rings. The van der Waals surface area contributed by atoms with Gasteiger partial charge >= 0.3 is 5.97 Å². The first kappa shape index (κ1) is 22.5. The molecular weight excluding hydrogens is 380 g/mol. The second kappa shape index (κ2) is 8.04. The molecule has 4 aliphatic carbocycles. The number of fused-ring (bicyclic) bond motifs is 5. The quantitative estimate of drug-likeness (QED) is 0.603. The van der Waals surface area contributed by atoms with Crippen LogP contribution in [0.25, 0.3) is 0 Å². The molecule has 11 unspecified atom stereocenters. The normalized spacial score (nSPS) is 51.4. The number of esters is 1. The van der Waals surface area contributed by atoms with Crippen molar-refractivity contribution in [3.05, 3.63) is 0 Å². The van der Waals surface area contributed by atoms with Crippen LogP contribution >= 0.6 is 0 Å². The Kier molecular flexibility index (Phi) is 6.04. The summed E-state index contributed by atoms with van der Waals surface area (Å²) in [4.78, 5) is 11.7. The van der Waals surface area contributed by atoms with Gasteiger partial charge in [-0.3, -0.25) is 4.79 Å². The van der Waals surface area contributed by atoms with Crippen LogP contribution in [-0.2, 0) is 9.53 Å². The number of hydrogen-bond acceptors (Lipinski definition) is 5. The van der Waals surface area contributed by atoms with Crippen LogP contribution in [-0.4, -0.2) is 46.7 Å². The molecule has 0 radical (unpaired) electrons. The smallest absolute Gasteiger partial charge is 0.305 e. The van der Waals surface area contributed by atoms with Crippen LogP contribution in [0.5, 0.6) is 0 Å². The molecule has 11 atom stereocenters. The van der Waals surface area contributed by atoms with Gasteiger partial charge in [0.15, 0.2) is 0 Å². The molecule has 4 rings (SSSR count). The standard InChI is InChI=1S/C25H42O5/c1-14(5-8-20(27)30-4)16-6-7-17-21-18(10-12-24(16,17)2)25(3)11-9-15(26)13-19(25)22(28)23(21)29/h14-19,21-23,26,28-29H,5-13H2,1-4H3. The van der Waals surface area contributed by atoms with Gasteiger partial charge in [0.2, 0.25) is 0 Å². The van der Waals surface area contributed by atoms with Crippen LogP contribution in [0.3, 0.4) is 0 Å². The Bertz CT molecular complexity index is 651. The van der Waals surface area contributed by atoms with Gasteiger partial charge in [0.05, 0.1) is 25.4 Å². The molecule has 0 aromatic heterocycles. The number of ether oxygens (including phenoxy) is 1. The summed E-state index contributed by atoms with van der Waals surface area (Å²) < 4.78 is 4.84. The third kappa shape index (κ3) is 3.34. The fourth-order valence-electron chi connectivity index (χ4n) is 8.86. The number of carbonyl (C=O) groups excluding carboxylic acids is 1. The minimum absolute atomic E-state index is 0.00182. The highest BCUT2D eigenvalue weighted by Gasteiger charge is 2.65. The first-order valence-electron chi connectivity index (χ1n) is 12.2. The predicted octanol–water partition coefficient (Wildman–Crippen LogP) is 3.54. The fraction of sp³-hybridized carbons (Fsp3) is 0.960. The Balaban J connectivity index is 1.56. The second-order valence-electron chi connectivity index (χ2n) is 11.6. The number of hydrogen-bond donors (Lipinski definition) is 3. The van der Waals surface area contributed by atoms with E-state index < -0.39 is 12.2 Å². The van der Waals surface area contributed by atoms with Crippen molar-refractivity contribution in [3.63, 3.8) is 0 Å². The summed E-state index contributed by atoms with van der Waals surface area (Å²) in [7, 11) is 1.45. The lowest BCUT2D eigenvalue weighted by Crippen LogP contribution is -2.64. The second-order valence-corrected chi connectivity index (χ2v) is 11.6. The van der Waals surface area contributed by atoms with Gasteiger partial charge in [-0.05, 0) is 97.7 Å². The first-order chi connectivity index (χ1) is 14.1. The van der Waals surface area contributed by atoms with E-state index in [2.05, 4.69) is 20.8 Å². The van der Waals surface area contributed by atoms with Gasteiger partial charge in [-0.15, -0.1) is 0 Å². The molecule has 0 aromatic carbocycles. The minimum Gasteiger partial charge on any atom is -0.469 e. The van der Waals surface area contributed by atoms with Crippen LogP contribution in [0, 0.1) is 46.3 Å². The third-order valence-electron chi connectivity index (χ3n) is 10.5. The predicted molar refractivity (Wildman–Crippen MR) is 114 cm³/mol. The van der Waals surface area contributed by atoms with E-state index in [0.29, 0.717) is 36.5 Å². The number of rotatable bonds is 4. The average molecular weight is 423 g/mol. The molecule has 0 spiro atoms. The van der Waals surface area contributed by atoms with Gasteiger partial charge in [0.1, 0.15) is 0 Å². The lowest BCUT2D eigenvalue weighted by atomic mass is 9.43. The number of aliphatic hydroxyl groups excluding tert-OH is 3. The van der Waals surface area contributed by atoms with E-state index in [0.717, 1.165) is 38.5 Å². The average Bonchev–Trinajstić information content (AvgIpc) is 3.08. The molecule has 172 valence electrons. The third-order valence-corrected chi connectivity index (χ3v) is 10.5. The van der Waals surface area contributed by atoms with Crippen LogP contribution in [0.1, 0.15) is 78.6 Å². The topological polar surface area (TPSA) is 87.0 Å². The van der Waals surface area contributed by atoms with Crippen molar-refractivity contribution in [1.29, 1.82) is 0 Å². The van der Waals surface area contributed by atoms with Crippen molar-refractivity contribution in [2.75, 3.05) is 7.11 Å². The lowest BCUT2D eigenvalue weighted by Gasteiger charge is -2.63. The van der Waals surface area contributed by atoms with Crippen LogP contribution in [0.2, 0.25) is 0 Å². The van der Waals surface area contributed by atoms with Gasteiger partial charge in [-0.2, -0.15) is 0 Å². The minimum atomic E-state index is -0.732. The van der Waals surface area contributed by atoms with Gasteiger partial charge in [0.25, 0.3) is 0 Å². The maximum atomic E-state index is 11.7. The highest BCUT2D eigenvalue weighted by molar-refractivity contribution is 5.69. The van der Waals surface area contributed by atoms with E-state index in [4.69, 9.17) is 4.74 Å². The van der Waals surface area contributed by atoms with Gasteiger partial charge < -0.3 is 20.1 Å².